The number of rotatable bonds is 3. The van der Waals surface area contributed by atoms with Gasteiger partial charge in [0.15, 0.2) is 0 Å². The van der Waals surface area contributed by atoms with Crippen LogP contribution in [0, 0.1) is 0 Å². The summed E-state index contributed by atoms with van der Waals surface area (Å²) in [4.78, 5) is 12.0. The lowest BCUT2D eigenvalue weighted by Crippen LogP contribution is -2.43. The zero-order valence-corrected chi connectivity index (χ0v) is 11.1. The molecule has 6 heteroatoms. The molecule has 1 amide bonds. The number of anilines is 1. The third-order valence-corrected chi connectivity index (χ3v) is 2.96. The Labute approximate surface area is 110 Å². The molecular weight excluding hydrogens is 257 g/mol. The molecule has 0 spiro atoms. The second-order valence-electron chi connectivity index (χ2n) is 4.99. The van der Waals surface area contributed by atoms with Gasteiger partial charge in [0.25, 0.3) is 5.91 Å². The van der Waals surface area contributed by atoms with Crippen LogP contribution in [0.5, 0.6) is 0 Å². The van der Waals surface area contributed by atoms with Crippen LogP contribution in [0.1, 0.15) is 43.1 Å². The summed E-state index contributed by atoms with van der Waals surface area (Å²) in [6.45, 7) is 5.44. The molecule has 1 rings (SSSR count). The quantitative estimate of drug-likeness (QED) is 0.832. The van der Waals surface area contributed by atoms with Gasteiger partial charge in [0, 0.05) is 11.2 Å². The molecule has 3 nitrogen and oxygen atoms in total. The Morgan fingerprint density at radius 3 is 2.37 bits per heavy atom. The van der Waals surface area contributed by atoms with Crippen molar-refractivity contribution in [2.75, 3.05) is 5.73 Å². The molecule has 106 valence electrons. The number of amides is 1. The Hall–Kier alpha value is -1.72. The number of benzene rings is 1. The van der Waals surface area contributed by atoms with E-state index in [2.05, 4.69) is 5.32 Å². The molecule has 0 aliphatic carbocycles. The van der Waals surface area contributed by atoms with E-state index in [9.17, 15) is 18.0 Å². The predicted octanol–water partition coefficient (Wildman–Crippen LogP) is 3.21. The van der Waals surface area contributed by atoms with Crippen molar-refractivity contribution >= 4 is 11.6 Å². The molecule has 1 aromatic carbocycles. The fraction of sp³-hybridized carbons (Fsp3) is 0.462. The summed E-state index contributed by atoms with van der Waals surface area (Å²) in [5.74, 6) is -0.601. The Balaban J connectivity index is 3.10. The molecule has 0 aromatic heterocycles. The second kappa shape index (κ2) is 5.11. The van der Waals surface area contributed by atoms with Crippen LogP contribution in [-0.4, -0.2) is 11.4 Å². The van der Waals surface area contributed by atoms with E-state index in [1.54, 1.807) is 13.8 Å². The van der Waals surface area contributed by atoms with E-state index in [1.165, 1.54) is 0 Å². The van der Waals surface area contributed by atoms with Gasteiger partial charge in [-0.15, -0.1) is 0 Å². The molecule has 0 aliphatic heterocycles. The van der Waals surface area contributed by atoms with Crippen molar-refractivity contribution in [1.82, 2.24) is 5.32 Å². The number of halogens is 3. The number of hydrogen-bond acceptors (Lipinski definition) is 2. The molecule has 0 unspecified atom stereocenters. The normalized spacial score (nSPS) is 12.3. The fourth-order valence-electron chi connectivity index (χ4n) is 1.39. The standard InChI is InChI=1S/C13H17F3N2O/c1-4-12(2,3)18-11(19)9-7-8(13(14,15)16)5-6-10(9)17/h5-7H,4,17H2,1-3H3,(H,18,19). The van der Waals surface area contributed by atoms with Gasteiger partial charge in [-0.05, 0) is 38.5 Å². The first-order chi connectivity index (χ1) is 8.57. The minimum Gasteiger partial charge on any atom is -0.398 e. The van der Waals surface area contributed by atoms with E-state index in [0.717, 1.165) is 18.2 Å². The average Bonchev–Trinajstić information content (AvgIpc) is 2.27. The predicted molar refractivity (Wildman–Crippen MR) is 67.7 cm³/mol. The Morgan fingerprint density at radius 2 is 1.89 bits per heavy atom. The van der Waals surface area contributed by atoms with E-state index in [1.807, 2.05) is 6.92 Å². The van der Waals surface area contributed by atoms with Crippen LogP contribution in [0.25, 0.3) is 0 Å². The molecule has 3 N–H and O–H groups in total. The van der Waals surface area contributed by atoms with Gasteiger partial charge >= 0.3 is 6.18 Å². The van der Waals surface area contributed by atoms with Crippen molar-refractivity contribution in [2.24, 2.45) is 0 Å². The van der Waals surface area contributed by atoms with Crippen molar-refractivity contribution < 1.29 is 18.0 Å². The highest BCUT2D eigenvalue weighted by Gasteiger charge is 2.32. The van der Waals surface area contributed by atoms with Crippen LogP contribution < -0.4 is 11.1 Å². The molecule has 0 saturated heterocycles. The minimum atomic E-state index is -4.50. The lowest BCUT2D eigenvalue weighted by atomic mass is 10.0. The summed E-state index contributed by atoms with van der Waals surface area (Å²) in [6, 6.07) is 2.73. The molecule has 19 heavy (non-hydrogen) atoms. The average molecular weight is 274 g/mol. The van der Waals surface area contributed by atoms with Gasteiger partial charge in [-0.25, -0.2) is 0 Å². The van der Waals surface area contributed by atoms with Crippen LogP contribution in [0.15, 0.2) is 18.2 Å². The Kier molecular flexibility index (Phi) is 4.12. The number of hydrogen-bond donors (Lipinski definition) is 2. The molecule has 0 saturated carbocycles. The number of carbonyl (C=O) groups is 1. The molecule has 0 fully saturated rings. The molecule has 0 bridgehead atoms. The Morgan fingerprint density at radius 1 is 1.32 bits per heavy atom. The van der Waals surface area contributed by atoms with Gasteiger partial charge < -0.3 is 11.1 Å². The lowest BCUT2D eigenvalue weighted by molar-refractivity contribution is -0.137. The van der Waals surface area contributed by atoms with E-state index in [0.29, 0.717) is 6.42 Å². The third-order valence-electron chi connectivity index (χ3n) is 2.96. The third kappa shape index (κ3) is 3.87. The van der Waals surface area contributed by atoms with Crippen LogP contribution in [0.2, 0.25) is 0 Å². The van der Waals surface area contributed by atoms with Gasteiger partial charge in [0.2, 0.25) is 0 Å². The van der Waals surface area contributed by atoms with E-state index in [-0.39, 0.29) is 11.3 Å². The molecule has 1 aromatic rings. The lowest BCUT2D eigenvalue weighted by Gasteiger charge is -2.25. The number of alkyl halides is 3. The maximum Gasteiger partial charge on any atom is 0.416 e. The van der Waals surface area contributed by atoms with Crippen LogP contribution in [-0.2, 0) is 6.18 Å². The number of carbonyl (C=O) groups excluding carboxylic acids is 1. The number of nitrogens with one attached hydrogen (secondary N) is 1. The molecule has 0 heterocycles. The largest absolute Gasteiger partial charge is 0.416 e. The van der Waals surface area contributed by atoms with Crippen molar-refractivity contribution in [2.45, 2.75) is 38.9 Å². The van der Waals surface area contributed by atoms with Crippen molar-refractivity contribution in [3.63, 3.8) is 0 Å². The van der Waals surface area contributed by atoms with E-state index in [4.69, 9.17) is 5.73 Å². The summed E-state index contributed by atoms with van der Waals surface area (Å²) in [7, 11) is 0. The van der Waals surface area contributed by atoms with E-state index >= 15 is 0 Å². The molecule has 0 atom stereocenters. The van der Waals surface area contributed by atoms with Crippen LogP contribution in [0.4, 0.5) is 18.9 Å². The van der Waals surface area contributed by atoms with Gasteiger partial charge in [0.05, 0.1) is 11.1 Å². The SMILES string of the molecule is CCC(C)(C)NC(=O)c1cc(C(F)(F)F)ccc1N. The first-order valence-electron chi connectivity index (χ1n) is 5.86. The number of nitrogen functional groups attached to an aromatic ring is 1. The monoisotopic (exact) mass is 274 g/mol. The Bertz CT molecular complexity index is 481. The molecule has 0 aliphatic rings. The zero-order valence-electron chi connectivity index (χ0n) is 11.1. The van der Waals surface area contributed by atoms with Crippen LogP contribution >= 0.6 is 0 Å². The zero-order chi connectivity index (χ0) is 14.8. The highest BCUT2D eigenvalue weighted by molar-refractivity contribution is 5.99. The van der Waals surface area contributed by atoms with E-state index < -0.39 is 23.2 Å². The number of nitrogens with two attached hydrogens (primary N) is 1. The summed E-state index contributed by atoms with van der Waals surface area (Å²) < 4.78 is 37.8. The van der Waals surface area contributed by atoms with Crippen molar-refractivity contribution in [3.8, 4) is 0 Å². The summed E-state index contributed by atoms with van der Waals surface area (Å²) >= 11 is 0. The van der Waals surface area contributed by atoms with Crippen molar-refractivity contribution in [1.29, 1.82) is 0 Å². The smallest absolute Gasteiger partial charge is 0.398 e. The summed E-state index contributed by atoms with van der Waals surface area (Å²) in [6.07, 6.45) is -3.85. The molecule has 0 radical (unpaired) electrons. The highest BCUT2D eigenvalue weighted by atomic mass is 19.4. The maximum absolute atomic E-state index is 12.6. The topological polar surface area (TPSA) is 55.1 Å². The van der Waals surface area contributed by atoms with Gasteiger partial charge in [-0.1, -0.05) is 6.92 Å². The van der Waals surface area contributed by atoms with Gasteiger partial charge in [-0.3, -0.25) is 4.79 Å². The second-order valence-corrected chi connectivity index (χ2v) is 4.99. The first-order valence-corrected chi connectivity index (χ1v) is 5.86. The van der Waals surface area contributed by atoms with Gasteiger partial charge in [0.1, 0.15) is 0 Å². The first kappa shape index (κ1) is 15.3. The minimum absolute atomic E-state index is 0.0254. The van der Waals surface area contributed by atoms with Crippen LogP contribution in [0.3, 0.4) is 0 Å². The molecular formula is C13H17F3N2O. The van der Waals surface area contributed by atoms with Gasteiger partial charge in [-0.2, -0.15) is 13.2 Å². The van der Waals surface area contributed by atoms with Crippen molar-refractivity contribution in [3.05, 3.63) is 29.3 Å². The summed E-state index contributed by atoms with van der Waals surface area (Å²) in [5, 5.41) is 2.66. The fourth-order valence-corrected chi connectivity index (χ4v) is 1.39. The highest BCUT2D eigenvalue weighted by Crippen LogP contribution is 2.31. The maximum atomic E-state index is 12.6. The summed E-state index contributed by atoms with van der Waals surface area (Å²) in [5.41, 5.74) is 4.04.